The summed E-state index contributed by atoms with van der Waals surface area (Å²) in [6, 6.07) is 15.7. The van der Waals surface area contributed by atoms with Gasteiger partial charge >= 0.3 is 0 Å². The second-order valence-electron chi connectivity index (χ2n) is 8.12. The molecular weight excluding hydrogens is 471 g/mol. The summed E-state index contributed by atoms with van der Waals surface area (Å²) in [5, 5.41) is 5.92. The van der Waals surface area contributed by atoms with Gasteiger partial charge in [0.2, 0.25) is 17.7 Å². The average Bonchev–Trinajstić information content (AvgIpc) is 2.82. The largest absolute Gasteiger partial charge is 0.352 e. The van der Waals surface area contributed by atoms with E-state index >= 15 is 0 Å². The standard InChI is InChI=1S/C26H26ClFN4O3/c1-17(2)30-26(35)25(18-9-11-19(27)12-10-18)32(21-7-5-6-20(28)16-21)24(34)14-13-23(33)31-22-8-3-4-15-29-22/h3-12,15-17,25H,13-14H2,1-2H3,(H,30,35)(H,29,31,33). The van der Waals surface area contributed by atoms with Crippen molar-refractivity contribution in [2.75, 3.05) is 10.2 Å². The highest BCUT2D eigenvalue weighted by Gasteiger charge is 2.33. The molecule has 2 aromatic carbocycles. The highest BCUT2D eigenvalue weighted by molar-refractivity contribution is 6.30. The van der Waals surface area contributed by atoms with Crippen molar-refractivity contribution in [3.05, 3.63) is 89.3 Å². The normalized spacial score (nSPS) is 11.6. The second kappa shape index (κ2) is 12.1. The monoisotopic (exact) mass is 496 g/mol. The summed E-state index contributed by atoms with van der Waals surface area (Å²) in [5.41, 5.74) is 0.682. The number of hydrogen-bond acceptors (Lipinski definition) is 4. The number of nitrogens with one attached hydrogen (secondary N) is 2. The molecule has 3 rings (SSSR count). The van der Waals surface area contributed by atoms with Crippen molar-refractivity contribution in [2.45, 2.75) is 38.8 Å². The lowest BCUT2D eigenvalue weighted by atomic mass is 10.0. The molecule has 0 saturated carbocycles. The molecule has 0 aliphatic rings. The van der Waals surface area contributed by atoms with Gasteiger partial charge in [-0.3, -0.25) is 19.3 Å². The van der Waals surface area contributed by atoms with Crippen molar-refractivity contribution in [3.8, 4) is 0 Å². The lowest BCUT2D eigenvalue weighted by Crippen LogP contribution is -2.46. The van der Waals surface area contributed by atoms with Crippen LogP contribution >= 0.6 is 11.6 Å². The van der Waals surface area contributed by atoms with Crippen LogP contribution < -0.4 is 15.5 Å². The summed E-state index contributed by atoms with van der Waals surface area (Å²) in [6.07, 6.45) is 1.17. The van der Waals surface area contributed by atoms with E-state index in [-0.39, 0.29) is 24.6 Å². The number of benzene rings is 2. The predicted octanol–water partition coefficient (Wildman–Crippen LogP) is 4.89. The third-order valence-corrected chi connectivity index (χ3v) is 5.23. The molecule has 1 unspecified atom stereocenters. The Morgan fingerprint density at radius 1 is 1.00 bits per heavy atom. The molecule has 2 N–H and O–H groups in total. The molecule has 0 radical (unpaired) electrons. The molecule has 182 valence electrons. The van der Waals surface area contributed by atoms with Gasteiger partial charge in [0.05, 0.1) is 0 Å². The number of hydrogen-bond donors (Lipinski definition) is 2. The Morgan fingerprint density at radius 3 is 2.37 bits per heavy atom. The maximum absolute atomic E-state index is 14.2. The van der Waals surface area contributed by atoms with Gasteiger partial charge in [-0.25, -0.2) is 9.37 Å². The molecule has 0 aliphatic carbocycles. The summed E-state index contributed by atoms with van der Waals surface area (Å²) in [6.45, 7) is 3.60. The zero-order valence-electron chi connectivity index (χ0n) is 19.4. The summed E-state index contributed by atoms with van der Waals surface area (Å²) in [5.74, 6) is -1.58. The van der Waals surface area contributed by atoms with E-state index in [0.717, 1.165) is 0 Å². The first kappa shape index (κ1) is 25.8. The Labute approximate surface area is 208 Å². The van der Waals surface area contributed by atoms with Crippen molar-refractivity contribution in [1.29, 1.82) is 0 Å². The van der Waals surface area contributed by atoms with E-state index in [1.165, 1.54) is 29.3 Å². The first-order valence-corrected chi connectivity index (χ1v) is 11.5. The van der Waals surface area contributed by atoms with Crippen molar-refractivity contribution >= 4 is 40.8 Å². The van der Waals surface area contributed by atoms with Crippen molar-refractivity contribution < 1.29 is 18.8 Å². The van der Waals surface area contributed by atoms with Crippen molar-refractivity contribution in [3.63, 3.8) is 0 Å². The van der Waals surface area contributed by atoms with Crippen molar-refractivity contribution in [1.82, 2.24) is 10.3 Å². The Bertz CT molecular complexity index is 1170. The maximum atomic E-state index is 14.2. The maximum Gasteiger partial charge on any atom is 0.248 e. The van der Waals surface area contributed by atoms with Gasteiger partial charge in [-0.1, -0.05) is 35.9 Å². The van der Waals surface area contributed by atoms with Crippen LogP contribution in [-0.4, -0.2) is 28.7 Å². The Hall–Kier alpha value is -3.78. The minimum Gasteiger partial charge on any atom is -0.352 e. The predicted molar refractivity (Wildman–Crippen MR) is 133 cm³/mol. The number of pyridine rings is 1. The molecule has 0 bridgehead atoms. The van der Waals surface area contributed by atoms with Crippen LogP contribution in [0.2, 0.25) is 5.02 Å². The number of carbonyl (C=O) groups is 3. The van der Waals surface area contributed by atoms with Gasteiger partial charge in [0, 0.05) is 35.8 Å². The van der Waals surface area contributed by atoms with Gasteiger partial charge < -0.3 is 10.6 Å². The van der Waals surface area contributed by atoms with Crippen LogP contribution in [-0.2, 0) is 14.4 Å². The molecule has 1 atom stereocenters. The number of aromatic nitrogens is 1. The summed E-state index contributed by atoms with van der Waals surface area (Å²) >= 11 is 6.03. The Balaban J connectivity index is 1.93. The van der Waals surface area contributed by atoms with Gasteiger partial charge in [0.15, 0.2) is 0 Å². The third kappa shape index (κ3) is 7.35. The Morgan fingerprint density at radius 2 is 1.74 bits per heavy atom. The van der Waals surface area contributed by atoms with Gasteiger partial charge in [-0.15, -0.1) is 0 Å². The molecule has 3 aromatic rings. The first-order chi connectivity index (χ1) is 16.7. The number of nitrogens with zero attached hydrogens (tertiary/aromatic N) is 2. The van der Waals surface area contributed by atoms with E-state index in [2.05, 4.69) is 15.6 Å². The fourth-order valence-electron chi connectivity index (χ4n) is 3.47. The van der Waals surface area contributed by atoms with Crippen LogP contribution in [0.25, 0.3) is 0 Å². The molecule has 0 saturated heterocycles. The average molecular weight is 497 g/mol. The summed E-state index contributed by atoms with van der Waals surface area (Å²) < 4.78 is 14.2. The number of anilines is 2. The number of carbonyl (C=O) groups excluding carboxylic acids is 3. The van der Waals surface area contributed by atoms with Gasteiger partial charge in [-0.05, 0) is 61.9 Å². The fourth-order valence-corrected chi connectivity index (χ4v) is 3.60. The van der Waals surface area contributed by atoms with E-state index in [9.17, 15) is 18.8 Å². The minimum atomic E-state index is -1.11. The van der Waals surface area contributed by atoms with Crippen LogP contribution in [0.3, 0.4) is 0 Å². The van der Waals surface area contributed by atoms with Gasteiger partial charge in [0.25, 0.3) is 0 Å². The van der Waals surface area contributed by atoms with E-state index in [0.29, 0.717) is 16.4 Å². The molecule has 1 aromatic heterocycles. The molecule has 0 aliphatic heterocycles. The van der Waals surface area contributed by atoms with Crippen LogP contribution in [0.4, 0.5) is 15.9 Å². The lowest BCUT2D eigenvalue weighted by molar-refractivity contribution is -0.127. The summed E-state index contributed by atoms with van der Waals surface area (Å²) in [4.78, 5) is 44.5. The third-order valence-electron chi connectivity index (χ3n) is 4.98. The minimum absolute atomic E-state index is 0.152. The van der Waals surface area contributed by atoms with Crippen LogP contribution in [0.5, 0.6) is 0 Å². The Kier molecular flexibility index (Phi) is 8.92. The highest BCUT2D eigenvalue weighted by atomic mass is 35.5. The quantitative estimate of drug-likeness (QED) is 0.441. The van der Waals surface area contributed by atoms with Crippen LogP contribution in [0.1, 0.15) is 38.3 Å². The fraction of sp³-hybridized carbons (Fsp3) is 0.231. The lowest BCUT2D eigenvalue weighted by Gasteiger charge is -2.32. The topological polar surface area (TPSA) is 91.4 Å². The van der Waals surface area contributed by atoms with E-state index in [1.54, 1.807) is 62.4 Å². The van der Waals surface area contributed by atoms with Crippen LogP contribution in [0.15, 0.2) is 72.9 Å². The molecule has 9 heteroatoms. The zero-order valence-corrected chi connectivity index (χ0v) is 20.1. The van der Waals surface area contributed by atoms with E-state index < -0.39 is 29.6 Å². The molecule has 35 heavy (non-hydrogen) atoms. The summed E-state index contributed by atoms with van der Waals surface area (Å²) in [7, 11) is 0. The number of rotatable bonds is 9. The smallest absolute Gasteiger partial charge is 0.248 e. The zero-order chi connectivity index (χ0) is 25.4. The van der Waals surface area contributed by atoms with Crippen LogP contribution in [0, 0.1) is 5.82 Å². The molecule has 7 nitrogen and oxygen atoms in total. The first-order valence-electron chi connectivity index (χ1n) is 11.1. The van der Waals surface area contributed by atoms with Gasteiger partial charge in [-0.2, -0.15) is 0 Å². The van der Waals surface area contributed by atoms with E-state index in [4.69, 9.17) is 11.6 Å². The number of amides is 3. The molecule has 1 heterocycles. The number of halogens is 2. The van der Waals surface area contributed by atoms with Gasteiger partial charge in [0.1, 0.15) is 17.7 Å². The molecular formula is C26H26ClFN4O3. The molecule has 0 fully saturated rings. The molecule has 3 amide bonds. The molecule has 0 spiro atoms. The highest BCUT2D eigenvalue weighted by Crippen LogP contribution is 2.30. The van der Waals surface area contributed by atoms with Crippen molar-refractivity contribution in [2.24, 2.45) is 0 Å². The SMILES string of the molecule is CC(C)NC(=O)C(c1ccc(Cl)cc1)N(C(=O)CCC(=O)Nc1ccccn1)c1cccc(F)c1. The second-order valence-corrected chi connectivity index (χ2v) is 8.56. The van der Waals surface area contributed by atoms with E-state index in [1.807, 2.05) is 0 Å².